The van der Waals surface area contributed by atoms with Crippen molar-refractivity contribution in [3.63, 3.8) is 0 Å². The lowest BCUT2D eigenvalue weighted by Crippen LogP contribution is -2.50. The molecule has 2 aliphatic heterocycles. The quantitative estimate of drug-likeness (QED) is 0.893. The monoisotopic (exact) mass is 364 g/mol. The lowest BCUT2D eigenvalue weighted by molar-refractivity contribution is 0.151. The van der Waals surface area contributed by atoms with Gasteiger partial charge in [0.1, 0.15) is 0 Å². The van der Waals surface area contributed by atoms with Crippen LogP contribution >= 0.6 is 0 Å². The summed E-state index contributed by atoms with van der Waals surface area (Å²) in [5.41, 5.74) is 2.51. The Bertz CT molecular complexity index is 805. The predicted molar refractivity (Wildman–Crippen MR) is 106 cm³/mol. The number of fused-ring (bicyclic) bond motifs is 1. The number of piperazine rings is 1. The molecule has 2 amide bonds. The highest BCUT2D eigenvalue weighted by molar-refractivity contribution is 6.00. The van der Waals surface area contributed by atoms with Gasteiger partial charge in [0, 0.05) is 62.9 Å². The van der Waals surface area contributed by atoms with Gasteiger partial charge in [0.25, 0.3) is 0 Å². The van der Waals surface area contributed by atoms with Crippen molar-refractivity contribution in [2.75, 3.05) is 38.0 Å². The SMILES string of the molecule is CC1C(CN2CCN(C(=O)Nc3ncccn3)CC2)=CN=C2C=CC=CC21. The molecule has 0 radical (unpaired) electrons. The molecule has 1 saturated heterocycles. The number of nitrogens with zero attached hydrogens (tertiary/aromatic N) is 5. The van der Waals surface area contributed by atoms with Gasteiger partial charge in [0.15, 0.2) is 0 Å². The van der Waals surface area contributed by atoms with Crippen LogP contribution in [0.3, 0.4) is 0 Å². The van der Waals surface area contributed by atoms with Crippen LogP contribution < -0.4 is 5.32 Å². The molecule has 7 heteroatoms. The Labute approximate surface area is 159 Å². The number of urea groups is 1. The number of aromatic nitrogens is 2. The number of aliphatic imine (C=N–C) groups is 1. The van der Waals surface area contributed by atoms with Gasteiger partial charge >= 0.3 is 6.03 Å². The summed E-state index contributed by atoms with van der Waals surface area (Å²) in [6, 6.07) is 1.58. The van der Waals surface area contributed by atoms with Crippen LogP contribution in [0.5, 0.6) is 0 Å². The topological polar surface area (TPSA) is 73.7 Å². The Morgan fingerprint density at radius 1 is 1.19 bits per heavy atom. The second-order valence-electron chi connectivity index (χ2n) is 7.08. The lowest BCUT2D eigenvalue weighted by atomic mass is 9.80. The molecule has 3 heterocycles. The van der Waals surface area contributed by atoms with E-state index in [-0.39, 0.29) is 6.03 Å². The van der Waals surface area contributed by atoms with Gasteiger partial charge in [-0.25, -0.2) is 14.8 Å². The van der Waals surface area contributed by atoms with Gasteiger partial charge in [0.05, 0.1) is 0 Å². The van der Waals surface area contributed by atoms with Crippen LogP contribution in [0.1, 0.15) is 6.92 Å². The van der Waals surface area contributed by atoms with E-state index in [0.717, 1.165) is 25.3 Å². The van der Waals surface area contributed by atoms with Gasteiger partial charge in [-0.2, -0.15) is 0 Å². The number of amides is 2. The molecule has 1 aromatic heterocycles. The molecule has 0 spiro atoms. The number of carbonyl (C=O) groups excluding carboxylic acids is 1. The molecule has 27 heavy (non-hydrogen) atoms. The Morgan fingerprint density at radius 3 is 2.74 bits per heavy atom. The standard InChI is InChI=1S/C20H24N6O/c1-15-16(13-23-18-6-3-2-5-17(15)18)14-25-9-11-26(12-10-25)20(27)24-19-21-7-4-8-22-19/h2-8,13,15,17H,9-12,14H2,1H3,(H,21,22,24,27). The van der Waals surface area contributed by atoms with Crippen molar-refractivity contribution >= 4 is 17.7 Å². The zero-order valence-corrected chi connectivity index (χ0v) is 15.5. The minimum atomic E-state index is -0.139. The molecule has 4 rings (SSSR count). The third-order valence-corrected chi connectivity index (χ3v) is 5.39. The van der Waals surface area contributed by atoms with E-state index in [9.17, 15) is 4.79 Å². The average molecular weight is 364 g/mol. The Balaban J connectivity index is 1.30. The van der Waals surface area contributed by atoms with E-state index < -0.39 is 0 Å². The molecule has 1 fully saturated rings. The minimum absolute atomic E-state index is 0.139. The van der Waals surface area contributed by atoms with E-state index in [1.807, 2.05) is 17.2 Å². The number of anilines is 1. The molecule has 1 N–H and O–H groups in total. The van der Waals surface area contributed by atoms with Crippen molar-refractivity contribution in [3.05, 3.63) is 54.5 Å². The van der Waals surface area contributed by atoms with Crippen molar-refractivity contribution in [2.24, 2.45) is 16.8 Å². The van der Waals surface area contributed by atoms with Crippen LogP contribution in [0.15, 0.2) is 59.5 Å². The van der Waals surface area contributed by atoms with E-state index in [1.165, 1.54) is 5.57 Å². The number of rotatable bonds is 3. The third kappa shape index (κ3) is 3.98. The Hall–Kier alpha value is -2.80. The molecular weight excluding hydrogens is 340 g/mol. The van der Waals surface area contributed by atoms with E-state index in [4.69, 9.17) is 0 Å². The summed E-state index contributed by atoms with van der Waals surface area (Å²) in [5, 5.41) is 2.75. The zero-order valence-electron chi connectivity index (χ0n) is 15.5. The zero-order chi connectivity index (χ0) is 18.6. The molecular formula is C20H24N6O. The largest absolute Gasteiger partial charge is 0.324 e. The smallest absolute Gasteiger partial charge is 0.322 e. The van der Waals surface area contributed by atoms with Crippen LogP contribution in [0.4, 0.5) is 10.7 Å². The van der Waals surface area contributed by atoms with Crippen molar-refractivity contribution in [3.8, 4) is 0 Å². The summed E-state index contributed by atoms with van der Waals surface area (Å²) in [6.07, 6.45) is 13.8. The summed E-state index contributed by atoms with van der Waals surface area (Å²) in [4.78, 5) is 29.3. The fraction of sp³-hybridized carbons (Fsp3) is 0.400. The summed E-state index contributed by atoms with van der Waals surface area (Å²) in [5.74, 6) is 1.18. The maximum absolute atomic E-state index is 12.3. The predicted octanol–water partition coefficient (Wildman–Crippen LogP) is 2.34. The number of allylic oxidation sites excluding steroid dienone is 4. The molecule has 1 aromatic rings. The lowest BCUT2D eigenvalue weighted by Gasteiger charge is -2.37. The molecule has 3 aliphatic rings. The number of hydrogen-bond donors (Lipinski definition) is 1. The van der Waals surface area contributed by atoms with Gasteiger partial charge in [-0.05, 0) is 23.6 Å². The van der Waals surface area contributed by atoms with E-state index in [2.05, 4.69) is 50.3 Å². The minimum Gasteiger partial charge on any atom is -0.322 e. The summed E-state index contributed by atoms with van der Waals surface area (Å²) in [6.45, 7) is 6.28. The first-order chi connectivity index (χ1) is 13.2. The highest BCUT2D eigenvalue weighted by Crippen LogP contribution is 2.30. The number of hydrogen-bond acceptors (Lipinski definition) is 5. The summed E-state index contributed by atoms with van der Waals surface area (Å²) < 4.78 is 0. The van der Waals surface area contributed by atoms with E-state index in [1.54, 1.807) is 18.5 Å². The molecule has 140 valence electrons. The van der Waals surface area contributed by atoms with Crippen molar-refractivity contribution < 1.29 is 4.79 Å². The summed E-state index contributed by atoms with van der Waals surface area (Å²) in [7, 11) is 0. The number of carbonyl (C=O) groups is 1. The fourth-order valence-corrected chi connectivity index (χ4v) is 3.70. The first-order valence-corrected chi connectivity index (χ1v) is 9.37. The van der Waals surface area contributed by atoms with Crippen molar-refractivity contribution in [1.82, 2.24) is 19.8 Å². The Kier molecular flexibility index (Phi) is 5.11. The van der Waals surface area contributed by atoms with Crippen LogP contribution in [0, 0.1) is 11.8 Å². The number of nitrogens with one attached hydrogen (secondary N) is 1. The van der Waals surface area contributed by atoms with Gasteiger partial charge in [-0.15, -0.1) is 0 Å². The second-order valence-corrected chi connectivity index (χ2v) is 7.08. The highest BCUT2D eigenvalue weighted by atomic mass is 16.2. The molecule has 2 atom stereocenters. The van der Waals surface area contributed by atoms with Gasteiger partial charge in [-0.3, -0.25) is 15.2 Å². The molecule has 0 bridgehead atoms. The average Bonchev–Trinajstić information content (AvgIpc) is 2.71. The molecule has 2 unspecified atom stereocenters. The van der Waals surface area contributed by atoms with Crippen LogP contribution in [-0.2, 0) is 0 Å². The highest BCUT2D eigenvalue weighted by Gasteiger charge is 2.29. The molecule has 1 aliphatic carbocycles. The maximum Gasteiger partial charge on any atom is 0.324 e. The molecule has 0 aromatic carbocycles. The normalized spacial score (nSPS) is 24.9. The second kappa shape index (κ2) is 7.84. The van der Waals surface area contributed by atoms with Crippen LogP contribution in [-0.4, -0.2) is 64.2 Å². The van der Waals surface area contributed by atoms with Crippen LogP contribution in [0.2, 0.25) is 0 Å². The Morgan fingerprint density at radius 2 is 1.96 bits per heavy atom. The van der Waals surface area contributed by atoms with E-state index in [0.29, 0.717) is 30.9 Å². The molecule has 7 nitrogen and oxygen atoms in total. The third-order valence-electron chi connectivity index (χ3n) is 5.39. The van der Waals surface area contributed by atoms with Gasteiger partial charge in [0.2, 0.25) is 5.95 Å². The first kappa shape index (κ1) is 17.6. The maximum atomic E-state index is 12.3. The van der Waals surface area contributed by atoms with E-state index >= 15 is 0 Å². The van der Waals surface area contributed by atoms with Crippen molar-refractivity contribution in [2.45, 2.75) is 6.92 Å². The van der Waals surface area contributed by atoms with Gasteiger partial charge < -0.3 is 4.90 Å². The molecule has 0 saturated carbocycles. The first-order valence-electron chi connectivity index (χ1n) is 9.37. The van der Waals surface area contributed by atoms with Gasteiger partial charge in [-0.1, -0.05) is 25.2 Å². The fourth-order valence-electron chi connectivity index (χ4n) is 3.70. The van der Waals surface area contributed by atoms with Crippen molar-refractivity contribution in [1.29, 1.82) is 0 Å². The van der Waals surface area contributed by atoms with Crippen LogP contribution in [0.25, 0.3) is 0 Å². The summed E-state index contributed by atoms with van der Waals surface area (Å²) >= 11 is 0.